The lowest BCUT2D eigenvalue weighted by atomic mass is 9.67. The van der Waals surface area contributed by atoms with Gasteiger partial charge in [-0.25, -0.2) is 13.2 Å². The molecule has 1 aliphatic rings. The van der Waals surface area contributed by atoms with E-state index in [4.69, 9.17) is 5.73 Å². The van der Waals surface area contributed by atoms with Crippen LogP contribution < -0.4 is 15.9 Å². The molecule has 3 N–H and O–H groups in total. The molecule has 194 valence electrons. The fourth-order valence-electron chi connectivity index (χ4n) is 4.75. The highest BCUT2D eigenvalue weighted by Gasteiger charge is 2.50. The van der Waals surface area contributed by atoms with Crippen LogP contribution in [-0.4, -0.2) is 28.9 Å². The molecule has 2 heterocycles. The quantitative estimate of drug-likeness (QED) is 0.454. The van der Waals surface area contributed by atoms with Crippen molar-refractivity contribution in [2.24, 2.45) is 17.1 Å². The van der Waals surface area contributed by atoms with Gasteiger partial charge >= 0.3 is 0 Å². The van der Waals surface area contributed by atoms with E-state index < -0.39 is 46.1 Å². The Hall–Kier alpha value is -3.43. The molecule has 0 saturated heterocycles. The van der Waals surface area contributed by atoms with E-state index in [1.54, 1.807) is 6.07 Å². The summed E-state index contributed by atoms with van der Waals surface area (Å²) in [5, 5.41) is 0.0962. The number of rotatable bonds is 3. The van der Waals surface area contributed by atoms with Gasteiger partial charge in [0.05, 0.1) is 18.0 Å². The van der Waals surface area contributed by atoms with Crippen molar-refractivity contribution in [3.8, 4) is 5.75 Å². The molecule has 0 bridgehead atoms. The molecule has 36 heavy (non-hydrogen) atoms. The summed E-state index contributed by atoms with van der Waals surface area (Å²) < 4.78 is 58.8. The van der Waals surface area contributed by atoms with Gasteiger partial charge in [0.1, 0.15) is 5.69 Å². The Morgan fingerprint density at radius 1 is 1.19 bits per heavy atom. The molecule has 2 atom stereocenters. The van der Waals surface area contributed by atoms with Crippen molar-refractivity contribution in [1.82, 2.24) is 9.97 Å². The van der Waals surface area contributed by atoms with Crippen LogP contribution in [0.4, 0.5) is 17.6 Å². The maximum Gasteiger partial charge on any atom is 0.268 e. The molecule has 0 radical (unpaired) electrons. The summed E-state index contributed by atoms with van der Waals surface area (Å²) in [5.74, 6) is -6.63. The van der Waals surface area contributed by atoms with Crippen LogP contribution in [0, 0.1) is 23.0 Å². The smallest absolute Gasteiger partial charge is 0.268 e. The van der Waals surface area contributed by atoms with E-state index in [9.17, 15) is 27.2 Å². The standard InChI is InChI=1S/C19H23F2N3O2.C7H6F2O/c1-18(2,3)14-5-4-10(9-19(14,20)21)12-8-13(25)15-11(24-12)6-7-23-16(15)17(22)26;1-10-6-4-2-3-5(8)7(6)9/h6-8,10,14H,4-5,9H2,1-3H3,(H2,22,26)(H,24,25);2-4H,1H3/t10-,14?;/m0./s1. The molecule has 10 heteroatoms. The van der Waals surface area contributed by atoms with Crippen molar-refractivity contribution in [2.75, 3.05) is 7.11 Å². The SMILES string of the molecule is CC(C)(C)C1CC[C@H](c2cc(=O)c3c(C(N)=O)nccc3[nH]2)CC1(F)F.COc1cccc(F)c1F. The van der Waals surface area contributed by atoms with E-state index in [1.807, 2.05) is 20.8 Å². The number of H-pyrrole nitrogens is 1. The number of pyridine rings is 2. The molecule has 0 aliphatic heterocycles. The number of alkyl halides is 2. The topological polar surface area (TPSA) is 98.1 Å². The number of primary amides is 1. The average Bonchev–Trinajstić information content (AvgIpc) is 2.79. The number of halogens is 4. The molecule has 2 aromatic heterocycles. The second kappa shape index (κ2) is 10.3. The van der Waals surface area contributed by atoms with Crippen LogP contribution in [0.2, 0.25) is 0 Å². The van der Waals surface area contributed by atoms with Gasteiger partial charge in [0.15, 0.2) is 17.0 Å². The zero-order valence-corrected chi connectivity index (χ0v) is 20.5. The Kier molecular flexibility index (Phi) is 7.76. The summed E-state index contributed by atoms with van der Waals surface area (Å²) in [5.41, 5.74) is 5.10. The number of nitrogens with two attached hydrogens (primary N) is 1. The molecule has 1 fully saturated rings. The van der Waals surface area contributed by atoms with Crippen molar-refractivity contribution in [1.29, 1.82) is 0 Å². The molecule has 1 unspecified atom stereocenters. The van der Waals surface area contributed by atoms with E-state index in [1.165, 1.54) is 31.5 Å². The van der Waals surface area contributed by atoms with Gasteiger partial charge in [0.25, 0.3) is 11.8 Å². The summed E-state index contributed by atoms with van der Waals surface area (Å²) >= 11 is 0. The zero-order valence-electron chi connectivity index (χ0n) is 20.5. The lowest BCUT2D eigenvalue weighted by Crippen LogP contribution is -2.42. The highest BCUT2D eigenvalue weighted by atomic mass is 19.3. The highest BCUT2D eigenvalue weighted by molar-refractivity contribution is 6.03. The zero-order chi connectivity index (χ0) is 26.8. The molecule has 4 rings (SSSR count). The van der Waals surface area contributed by atoms with Gasteiger partial charge in [0.2, 0.25) is 5.82 Å². The molecule has 6 nitrogen and oxygen atoms in total. The minimum Gasteiger partial charge on any atom is -0.494 e. The van der Waals surface area contributed by atoms with Crippen LogP contribution in [0.15, 0.2) is 41.3 Å². The monoisotopic (exact) mass is 507 g/mol. The molecule has 1 aliphatic carbocycles. The Labute approximate surface area is 205 Å². The number of fused-ring (bicyclic) bond motifs is 1. The van der Waals surface area contributed by atoms with E-state index >= 15 is 0 Å². The van der Waals surface area contributed by atoms with Gasteiger partial charge < -0.3 is 15.5 Å². The normalized spacial score (nSPS) is 19.3. The number of carbonyl (C=O) groups is 1. The summed E-state index contributed by atoms with van der Waals surface area (Å²) in [6.45, 7) is 5.51. The van der Waals surface area contributed by atoms with Crippen LogP contribution in [0.5, 0.6) is 5.75 Å². The van der Waals surface area contributed by atoms with Crippen molar-refractivity contribution < 1.29 is 27.1 Å². The second-order valence-corrected chi connectivity index (χ2v) is 9.95. The van der Waals surface area contributed by atoms with E-state index in [2.05, 4.69) is 14.7 Å². The Morgan fingerprint density at radius 3 is 2.44 bits per heavy atom. The molecule has 1 saturated carbocycles. The number of carbonyl (C=O) groups excluding carboxylic acids is 1. The fourth-order valence-corrected chi connectivity index (χ4v) is 4.75. The molecule has 3 aromatic rings. The minimum atomic E-state index is -2.80. The number of hydrogen-bond donors (Lipinski definition) is 2. The third-order valence-corrected chi connectivity index (χ3v) is 6.45. The van der Waals surface area contributed by atoms with Crippen LogP contribution in [0.3, 0.4) is 0 Å². The fraction of sp³-hybridized carbons (Fsp3) is 0.423. The van der Waals surface area contributed by atoms with Crippen LogP contribution in [-0.2, 0) is 0 Å². The maximum atomic E-state index is 14.7. The van der Waals surface area contributed by atoms with Crippen LogP contribution in [0.1, 0.15) is 62.1 Å². The largest absolute Gasteiger partial charge is 0.494 e. The van der Waals surface area contributed by atoms with Crippen molar-refractivity contribution in [3.63, 3.8) is 0 Å². The van der Waals surface area contributed by atoms with Gasteiger partial charge in [0, 0.05) is 36.2 Å². The van der Waals surface area contributed by atoms with Gasteiger partial charge in [-0.2, -0.15) is 4.39 Å². The van der Waals surface area contributed by atoms with E-state index in [0.717, 1.165) is 6.07 Å². The molecule has 0 spiro atoms. The van der Waals surface area contributed by atoms with Crippen molar-refractivity contribution in [2.45, 2.75) is 51.9 Å². The predicted molar refractivity (Wildman–Crippen MR) is 128 cm³/mol. The van der Waals surface area contributed by atoms with Gasteiger partial charge in [-0.1, -0.05) is 26.8 Å². The first-order chi connectivity index (χ1) is 16.8. The Bertz CT molecular complexity index is 1320. The number of aromatic nitrogens is 2. The summed E-state index contributed by atoms with van der Waals surface area (Å²) in [7, 11) is 1.29. The molecular formula is C26H29F4N3O3. The third-order valence-electron chi connectivity index (χ3n) is 6.45. The molecular weight excluding hydrogens is 478 g/mol. The minimum absolute atomic E-state index is 0.0694. The highest BCUT2D eigenvalue weighted by Crippen LogP contribution is 2.51. The van der Waals surface area contributed by atoms with Crippen molar-refractivity contribution in [3.05, 3.63) is 69.8 Å². The number of methoxy groups -OCH3 is 1. The number of hydrogen-bond acceptors (Lipinski definition) is 4. The summed E-state index contributed by atoms with van der Waals surface area (Å²) in [4.78, 5) is 30.9. The summed E-state index contributed by atoms with van der Waals surface area (Å²) in [6, 6.07) is 6.63. The lowest BCUT2D eigenvalue weighted by Gasteiger charge is -2.42. The molecule has 1 aromatic carbocycles. The second-order valence-electron chi connectivity index (χ2n) is 9.95. The van der Waals surface area contributed by atoms with Crippen molar-refractivity contribution >= 4 is 16.8 Å². The first-order valence-electron chi connectivity index (χ1n) is 11.4. The lowest BCUT2D eigenvalue weighted by molar-refractivity contribution is -0.128. The Morgan fingerprint density at radius 2 is 1.89 bits per heavy atom. The van der Waals surface area contributed by atoms with E-state index in [0.29, 0.717) is 24.1 Å². The van der Waals surface area contributed by atoms with Gasteiger partial charge in [-0.05, 0) is 36.5 Å². The number of nitrogens with one attached hydrogen (secondary N) is 1. The number of aromatic amines is 1. The van der Waals surface area contributed by atoms with E-state index in [-0.39, 0.29) is 23.3 Å². The first-order valence-corrected chi connectivity index (χ1v) is 11.4. The van der Waals surface area contributed by atoms with Crippen LogP contribution >= 0.6 is 0 Å². The molecule has 1 amide bonds. The number of ether oxygens (including phenoxy) is 1. The average molecular weight is 508 g/mol. The number of benzene rings is 1. The third kappa shape index (κ3) is 5.68. The number of amides is 1. The predicted octanol–water partition coefficient (Wildman–Crippen LogP) is 5.56. The van der Waals surface area contributed by atoms with Crippen LogP contribution in [0.25, 0.3) is 10.9 Å². The first kappa shape index (κ1) is 27.2. The van der Waals surface area contributed by atoms with Gasteiger partial charge in [-0.15, -0.1) is 0 Å². The van der Waals surface area contributed by atoms with Gasteiger partial charge in [-0.3, -0.25) is 14.6 Å². The Balaban J connectivity index is 0.000000303. The maximum absolute atomic E-state index is 14.7. The number of nitrogens with zero attached hydrogens (tertiary/aromatic N) is 1. The summed E-state index contributed by atoms with van der Waals surface area (Å²) in [6.07, 6.45) is 2.04.